The first kappa shape index (κ1) is 31.7. The number of amides is 1. The van der Waals surface area contributed by atoms with Gasteiger partial charge in [0.2, 0.25) is 0 Å². The number of nitrogens with one attached hydrogen (secondary N) is 3. The van der Waals surface area contributed by atoms with Crippen molar-refractivity contribution < 1.29 is 14.6 Å². The van der Waals surface area contributed by atoms with Crippen molar-refractivity contribution in [1.82, 2.24) is 15.1 Å². The molecule has 0 atom stereocenters. The Morgan fingerprint density at radius 3 is 2.48 bits per heavy atom. The second-order valence-corrected chi connectivity index (χ2v) is 13.3. The molecule has 4 N–H and O–H groups in total. The van der Waals surface area contributed by atoms with Gasteiger partial charge in [0, 0.05) is 62.2 Å². The predicted molar refractivity (Wildman–Crippen MR) is 193 cm³/mol. The molecule has 2 saturated heterocycles. The van der Waals surface area contributed by atoms with E-state index in [-0.39, 0.29) is 17.7 Å². The zero-order valence-electron chi connectivity index (χ0n) is 28.0. The number of aryl methyl sites for hydroxylation is 2. The molecule has 9 nitrogen and oxygen atoms in total. The minimum atomic E-state index is -0.207. The number of likely N-dealkylation sites (N-methyl/N-ethyl adjacent to an activating group) is 1. The lowest BCUT2D eigenvalue weighted by molar-refractivity contribution is 0.0904. The summed E-state index contributed by atoms with van der Waals surface area (Å²) in [6.45, 7) is 9.61. The van der Waals surface area contributed by atoms with Crippen LogP contribution in [0.2, 0.25) is 0 Å². The molecule has 0 spiro atoms. The van der Waals surface area contributed by atoms with Crippen molar-refractivity contribution in [2.45, 2.75) is 39.2 Å². The van der Waals surface area contributed by atoms with Crippen LogP contribution in [0.4, 0.5) is 17.2 Å². The number of H-pyrrole nitrogens is 1. The maximum atomic E-state index is 14.1. The monoisotopic (exact) mass is 644 g/mol. The molecule has 0 saturated carbocycles. The van der Waals surface area contributed by atoms with Gasteiger partial charge in [-0.2, -0.15) is 5.10 Å². The van der Waals surface area contributed by atoms with E-state index in [9.17, 15) is 9.90 Å². The van der Waals surface area contributed by atoms with Gasteiger partial charge in [-0.3, -0.25) is 9.89 Å². The van der Waals surface area contributed by atoms with Gasteiger partial charge < -0.3 is 30.3 Å². The Morgan fingerprint density at radius 2 is 1.71 bits per heavy atom. The Balaban J connectivity index is 1.23. The van der Waals surface area contributed by atoms with Gasteiger partial charge in [-0.05, 0) is 110 Å². The van der Waals surface area contributed by atoms with Gasteiger partial charge in [-0.15, -0.1) is 0 Å². The number of hydrogen-bond acceptors (Lipinski definition) is 7. The Labute approximate surface area is 281 Å². The van der Waals surface area contributed by atoms with Gasteiger partial charge in [0.1, 0.15) is 5.75 Å². The summed E-state index contributed by atoms with van der Waals surface area (Å²) in [7, 11) is 2.16. The zero-order valence-corrected chi connectivity index (χ0v) is 28.0. The number of piperazine rings is 1. The van der Waals surface area contributed by atoms with E-state index in [0.717, 1.165) is 78.0 Å². The number of rotatable bonds is 8. The molecule has 248 valence electrons. The number of hydrogen-bond donors (Lipinski definition) is 4. The van der Waals surface area contributed by atoms with Crippen LogP contribution in [-0.2, 0) is 11.2 Å². The van der Waals surface area contributed by atoms with Gasteiger partial charge in [0.25, 0.3) is 5.91 Å². The molecule has 2 fully saturated rings. The Hall–Kier alpha value is -4.86. The number of aromatic hydroxyl groups is 1. The third-order valence-corrected chi connectivity index (χ3v) is 9.78. The average Bonchev–Trinajstić information content (AvgIpc) is 3.48. The van der Waals surface area contributed by atoms with Crippen LogP contribution < -0.4 is 15.5 Å². The summed E-state index contributed by atoms with van der Waals surface area (Å²) in [5.41, 5.74) is 10.2. The largest absolute Gasteiger partial charge is 0.508 e. The fourth-order valence-corrected chi connectivity index (χ4v) is 6.80. The number of aromatic nitrogens is 2. The molecule has 4 aromatic carbocycles. The number of carbonyl (C=O) groups excluding carboxylic acids is 1. The van der Waals surface area contributed by atoms with Crippen LogP contribution in [0, 0.1) is 13.8 Å². The van der Waals surface area contributed by atoms with Crippen molar-refractivity contribution in [3.05, 3.63) is 101 Å². The minimum Gasteiger partial charge on any atom is -0.508 e. The lowest BCUT2D eigenvalue weighted by Crippen LogP contribution is -2.44. The molecule has 2 aliphatic heterocycles. The van der Waals surface area contributed by atoms with Crippen molar-refractivity contribution in [2.24, 2.45) is 0 Å². The SMILES string of the molecule is Cc1ccc(C)c(Cc2cc3c(NC(=O)c4ccc(N5CCN(C)CC5)cc4NC4CCOCC4)n[nH]c3cc2-c2ccc(O)cc2)c1. The molecular formula is C39H44N6O3. The number of carbonyl (C=O) groups is 1. The number of ether oxygens (including phenoxy) is 1. The highest BCUT2D eigenvalue weighted by Crippen LogP contribution is 2.35. The van der Waals surface area contributed by atoms with Crippen LogP contribution in [0.25, 0.3) is 22.0 Å². The fourth-order valence-electron chi connectivity index (χ4n) is 6.80. The maximum absolute atomic E-state index is 14.1. The topological polar surface area (TPSA) is 106 Å². The van der Waals surface area contributed by atoms with Crippen LogP contribution in [0.15, 0.2) is 72.8 Å². The van der Waals surface area contributed by atoms with Crippen molar-refractivity contribution in [2.75, 3.05) is 62.0 Å². The molecule has 0 radical (unpaired) electrons. The normalized spacial score (nSPS) is 15.9. The van der Waals surface area contributed by atoms with E-state index in [0.29, 0.717) is 31.0 Å². The third kappa shape index (κ3) is 6.88. The van der Waals surface area contributed by atoms with Gasteiger partial charge in [0.15, 0.2) is 5.82 Å². The highest BCUT2D eigenvalue weighted by Gasteiger charge is 2.22. The van der Waals surface area contributed by atoms with E-state index in [4.69, 9.17) is 4.74 Å². The van der Waals surface area contributed by atoms with E-state index in [1.165, 1.54) is 16.7 Å². The van der Waals surface area contributed by atoms with Gasteiger partial charge >= 0.3 is 0 Å². The van der Waals surface area contributed by atoms with Crippen LogP contribution in [0.3, 0.4) is 0 Å². The second kappa shape index (κ2) is 13.7. The van der Waals surface area contributed by atoms with E-state index >= 15 is 0 Å². The number of anilines is 3. The lowest BCUT2D eigenvalue weighted by atomic mass is 9.91. The first-order valence-electron chi connectivity index (χ1n) is 16.9. The van der Waals surface area contributed by atoms with Crippen LogP contribution in [-0.4, -0.2) is 78.6 Å². The number of phenolic OH excluding ortho intramolecular Hbond substituents is 1. The quantitative estimate of drug-likeness (QED) is 0.148. The standard InChI is InChI=1S/C39H44N6O3/c1-25-4-5-26(2)28(20-25)21-29-22-35-37(24-34(29)27-6-9-32(46)10-7-27)42-43-38(35)41-39(47)33-11-8-31(45-16-14-44(3)15-17-45)23-36(33)40-30-12-18-48-19-13-30/h4-11,20,22-24,30,40,46H,12-19,21H2,1-3H3,(H2,41,42,43,47). The summed E-state index contributed by atoms with van der Waals surface area (Å²) in [5.74, 6) is 0.515. The Bertz CT molecular complexity index is 1920. The average molecular weight is 645 g/mol. The summed E-state index contributed by atoms with van der Waals surface area (Å²) in [5, 5.41) is 25.4. The predicted octanol–water partition coefficient (Wildman–Crippen LogP) is 6.74. The number of benzene rings is 4. The molecular weight excluding hydrogens is 600 g/mol. The highest BCUT2D eigenvalue weighted by molar-refractivity contribution is 6.11. The van der Waals surface area contributed by atoms with E-state index in [1.54, 1.807) is 12.1 Å². The summed E-state index contributed by atoms with van der Waals surface area (Å²) < 4.78 is 5.60. The Morgan fingerprint density at radius 1 is 0.938 bits per heavy atom. The number of nitrogens with zero attached hydrogens (tertiary/aromatic N) is 3. The van der Waals surface area contributed by atoms with Crippen molar-refractivity contribution in [3.63, 3.8) is 0 Å². The molecule has 0 aliphatic carbocycles. The number of aromatic amines is 1. The lowest BCUT2D eigenvalue weighted by Gasteiger charge is -2.34. The first-order chi connectivity index (χ1) is 23.3. The van der Waals surface area contributed by atoms with Gasteiger partial charge in [-0.25, -0.2) is 0 Å². The van der Waals surface area contributed by atoms with Gasteiger partial charge in [0.05, 0.1) is 11.1 Å². The molecule has 1 aromatic heterocycles. The number of phenols is 1. The minimum absolute atomic E-state index is 0.207. The van der Waals surface area contributed by atoms with E-state index in [2.05, 4.69) is 94.0 Å². The number of fused-ring (bicyclic) bond motifs is 1. The second-order valence-electron chi connectivity index (χ2n) is 13.3. The van der Waals surface area contributed by atoms with Crippen molar-refractivity contribution >= 4 is 34.0 Å². The third-order valence-electron chi connectivity index (χ3n) is 9.78. The molecule has 3 heterocycles. The fraction of sp³-hybridized carbons (Fsp3) is 0.333. The smallest absolute Gasteiger partial charge is 0.258 e. The molecule has 5 aromatic rings. The molecule has 9 heteroatoms. The molecule has 2 aliphatic rings. The van der Waals surface area contributed by atoms with Crippen LogP contribution in [0.5, 0.6) is 5.75 Å². The van der Waals surface area contributed by atoms with Crippen LogP contribution in [0.1, 0.15) is 45.5 Å². The highest BCUT2D eigenvalue weighted by atomic mass is 16.5. The van der Waals surface area contributed by atoms with Crippen molar-refractivity contribution in [1.29, 1.82) is 0 Å². The summed E-state index contributed by atoms with van der Waals surface area (Å²) in [6.07, 6.45) is 2.51. The zero-order chi connectivity index (χ0) is 33.2. The van der Waals surface area contributed by atoms with Crippen molar-refractivity contribution in [3.8, 4) is 16.9 Å². The molecule has 7 rings (SSSR count). The van der Waals surface area contributed by atoms with E-state index < -0.39 is 0 Å². The molecule has 0 bridgehead atoms. The molecule has 1 amide bonds. The summed E-state index contributed by atoms with van der Waals surface area (Å²) >= 11 is 0. The van der Waals surface area contributed by atoms with Gasteiger partial charge in [-0.1, -0.05) is 35.9 Å². The molecule has 0 unspecified atom stereocenters. The van der Waals surface area contributed by atoms with Crippen LogP contribution >= 0.6 is 0 Å². The Kier molecular flexibility index (Phi) is 9.06. The summed E-state index contributed by atoms with van der Waals surface area (Å²) in [4.78, 5) is 18.8. The van der Waals surface area contributed by atoms with E-state index in [1.807, 2.05) is 18.2 Å². The maximum Gasteiger partial charge on any atom is 0.258 e. The first-order valence-corrected chi connectivity index (χ1v) is 16.9. The molecule has 48 heavy (non-hydrogen) atoms. The summed E-state index contributed by atoms with van der Waals surface area (Å²) in [6, 6.07) is 24.4.